The first kappa shape index (κ1) is 20.7. The highest BCUT2D eigenvalue weighted by atomic mass is 35.5. The van der Waals surface area contributed by atoms with Gasteiger partial charge in [0.1, 0.15) is 5.82 Å². The van der Waals surface area contributed by atoms with E-state index in [4.69, 9.17) is 4.74 Å². The number of aryl methyl sites for hydroxylation is 1. The molecule has 0 aromatic heterocycles. The van der Waals surface area contributed by atoms with Crippen LogP contribution in [0, 0.1) is 18.7 Å². The van der Waals surface area contributed by atoms with Crippen LogP contribution in [0.5, 0.6) is 0 Å². The zero-order valence-corrected chi connectivity index (χ0v) is 15.2. The lowest BCUT2D eigenvalue weighted by molar-refractivity contribution is 0.0203. The monoisotopic (exact) mass is 364 g/mol. The number of piperazine rings is 1. The molecule has 0 unspecified atom stereocenters. The highest BCUT2D eigenvalue weighted by molar-refractivity contribution is 5.85. The van der Waals surface area contributed by atoms with Crippen LogP contribution in [0.1, 0.15) is 30.0 Å². The van der Waals surface area contributed by atoms with E-state index in [1.807, 2.05) is 19.1 Å². The van der Waals surface area contributed by atoms with E-state index in [1.165, 1.54) is 0 Å². The van der Waals surface area contributed by atoms with Crippen LogP contribution in [-0.2, 0) is 4.74 Å². The van der Waals surface area contributed by atoms with Crippen molar-refractivity contribution in [1.29, 1.82) is 0 Å². The van der Waals surface area contributed by atoms with Crippen molar-refractivity contribution in [2.75, 3.05) is 39.4 Å². The molecule has 132 valence electrons. The van der Waals surface area contributed by atoms with Crippen LogP contribution in [0.25, 0.3) is 0 Å². The summed E-state index contributed by atoms with van der Waals surface area (Å²) in [7, 11) is 0. The minimum atomic E-state index is -0.0596. The number of benzene rings is 1. The molecule has 3 rings (SSSR count). The molecule has 0 bridgehead atoms. The molecule has 0 saturated carbocycles. The summed E-state index contributed by atoms with van der Waals surface area (Å²) < 4.78 is 20.0. The van der Waals surface area contributed by atoms with E-state index in [2.05, 4.69) is 10.2 Å². The van der Waals surface area contributed by atoms with Gasteiger partial charge in [0.15, 0.2) is 0 Å². The molecule has 1 aromatic carbocycles. The molecule has 3 nitrogen and oxygen atoms in total. The van der Waals surface area contributed by atoms with Crippen molar-refractivity contribution in [3.8, 4) is 0 Å². The Labute approximate surface area is 150 Å². The van der Waals surface area contributed by atoms with Gasteiger partial charge in [-0.15, -0.1) is 24.8 Å². The van der Waals surface area contributed by atoms with E-state index in [0.717, 1.165) is 63.4 Å². The van der Waals surface area contributed by atoms with Gasteiger partial charge in [-0.2, -0.15) is 0 Å². The molecule has 0 spiro atoms. The Morgan fingerprint density at radius 2 is 1.83 bits per heavy atom. The third-order valence-corrected chi connectivity index (χ3v) is 4.73. The van der Waals surface area contributed by atoms with Crippen LogP contribution in [-0.4, -0.2) is 44.3 Å². The topological polar surface area (TPSA) is 24.5 Å². The van der Waals surface area contributed by atoms with E-state index in [0.29, 0.717) is 5.92 Å². The van der Waals surface area contributed by atoms with Crippen molar-refractivity contribution in [3.05, 3.63) is 35.1 Å². The third kappa shape index (κ3) is 5.04. The minimum Gasteiger partial charge on any atom is -0.381 e. The van der Waals surface area contributed by atoms with E-state index in [-0.39, 0.29) is 36.7 Å². The lowest BCUT2D eigenvalue weighted by Gasteiger charge is -2.41. The normalized spacial score (nSPS) is 21.1. The highest BCUT2D eigenvalue weighted by Gasteiger charge is 2.32. The molecule has 2 aliphatic heterocycles. The Bertz CT molecular complexity index is 460. The Morgan fingerprint density at radius 3 is 2.48 bits per heavy atom. The molecule has 1 N–H and O–H groups in total. The van der Waals surface area contributed by atoms with E-state index < -0.39 is 0 Å². The smallest absolute Gasteiger partial charge is 0.128 e. The summed E-state index contributed by atoms with van der Waals surface area (Å²) in [6.07, 6.45) is 2.06. The van der Waals surface area contributed by atoms with Crippen LogP contribution in [0.3, 0.4) is 0 Å². The van der Waals surface area contributed by atoms with Crippen LogP contribution in [0.4, 0.5) is 4.39 Å². The van der Waals surface area contributed by atoms with Crippen LogP contribution < -0.4 is 5.32 Å². The van der Waals surface area contributed by atoms with Crippen LogP contribution in [0.15, 0.2) is 18.2 Å². The molecule has 2 fully saturated rings. The Morgan fingerprint density at radius 1 is 1.17 bits per heavy atom. The van der Waals surface area contributed by atoms with E-state index in [1.54, 1.807) is 6.07 Å². The highest BCUT2D eigenvalue weighted by Crippen LogP contribution is 2.36. The third-order valence-electron chi connectivity index (χ3n) is 4.73. The summed E-state index contributed by atoms with van der Waals surface area (Å²) >= 11 is 0. The average Bonchev–Trinajstić information content (AvgIpc) is 2.53. The SMILES string of the molecule is Cc1ccc(F)c([C@@H](C2CCOCC2)N2CCNCC2)c1.Cl.Cl. The lowest BCUT2D eigenvalue weighted by atomic mass is 9.85. The van der Waals surface area contributed by atoms with Crippen molar-refractivity contribution in [2.24, 2.45) is 5.92 Å². The fourth-order valence-electron chi connectivity index (χ4n) is 3.63. The zero-order valence-electron chi connectivity index (χ0n) is 13.6. The summed E-state index contributed by atoms with van der Waals surface area (Å²) in [4.78, 5) is 2.46. The van der Waals surface area contributed by atoms with E-state index >= 15 is 0 Å². The maximum atomic E-state index is 14.5. The molecule has 2 heterocycles. The Hall–Kier alpha value is -0.390. The largest absolute Gasteiger partial charge is 0.381 e. The first-order valence-electron chi connectivity index (χ1n) is 8.04. The van der Waals surface area contributed by atoms with Crippen molar-refractivity contribution in [2.45, 2.75) is 25.8 Å². The molecule has 0 aliphatic carbocycles. The molecular weight excluding hydrogens is 338 g/mol. The van der Waals surface area contributed by atoms with Gasteiger partial charge >= 0.3 is 0 Å². The van der Waals surface area contributed by atoms with Gasteiger partial charge < -0.3 is 10.1 Å². The van der Waals surface area contributed by atoms with Crippen molar-refractivity contribution >= 4 is 24.8 Å². The van der Waals surface area contributed by atoms with Crippen molar-refractivity contribution < 1.29 is 9.13 Å². The minimum absolute atomic E-state index is 0. The van der Waals surface area contributed by atoms with Gasteiger partial charge in [-0.05, 0) is 31.7 Å². The Kier molecular flexibility index (Phi) is 8.80. The van der Waals surface area contributed by atoms with Crippen LogP contribution in [0.2, 0.25) is 0 Å². The van der Waals surface area contributed by atoms with E-state index in [9.17, 15) is 4.39 Å². The lowest BCUT2D eigenvalue weighted by Crippen LogP contribution is -2.47. The number of rotatable bonds is 3. The first-order chi connectivity index (χ1) is 10.3. The average molecular weight is 365 g/mol. The summed E-state index contributed by atoms with van der Waals surface area (Å²) in [6.45, 7) is 7.63. The molecule has 2 aliphatic rings. The number of nitrogens with one attached hydrogen (secondary N) is 1. The molecule has 1 aromatic rings. The standard InChI is InChI=1S/C17H25FN2O.2ClH/c1-13-2-3-16(18)15(12-13)17(14-4-10-21-11-5-14)20-8-6-19-7-9-20;;/h2-3,12,14,17,19H,4-11H2,1H3;2*1H/t17-;;/m1../s1. The van der Waals surface area contributed by atoms with Crippen LogP contribution >= 0.6 is 24.8 Å². The van der Waals surface area contributed by atoms with Gasteiger partial charge in [0.05, 0.1) is 0 Å². The van der Waals surface area contributed by atoms with Gasteiger partial charge in [0, 0.05) is 51.0 Å². The number of halogens is 3. The molecule has 2 saturated heterocycles. The molecule has 23 heavy (non-hydrogen) atoms. The number of ether oxygens (including phenoxy) is 1. The van der Waals surface area contributed by atoms with Gasteiger partial charge in [-0.25, -0.2) is 4.39 Å². The maximum Gasteiger partial charge on any atom is 0.128 e. The van der Waals surface area contributed by atoms with Gasteiger partial charge in [-0.3, -0.25) is 4.90 Å². The fraction of sp³-hybridized carbons (Fsp3) is 0.647. The van der Waals surface area contributed by atoms with Gasteiger partial charge in [-0.1, -0.05) is 17.7 Å². The fourth-order valence-corrected chi connectivity index (χ4v) is 3.63. The molecule has 6 heteroatoms. The van der Waals surface area contributed by atoms with Crippen molar-refractivity contribution in [1.82, 2.24) is 10.2 Å². The predicted octanol–water partition coefficient (Wildman–Crippen LogP) is 3.35. The summed E-state index contributed by atoms with van der Waals surface area (Å²) in [5.41, 5.74) is 2.02. The number of nitrogens with zero attached hydrogens (tertiary/aromatic N) is 1. The molecule has 0 amide bonds. The predicted molar refractivity (Wildman–Crippen MR) is 96.4 cm³/mol. The second kappa shape index (κ2) is 9.80. The second-order valence-electron chi connectivity index (χ2n) is 6.21. The summed E-state index contributed by atoms with van der Waals surface area (Å²) in [5.74, 6) is 0.434. The van der Waals surface area contributed by atoms with Gasteiger partial charge in [0.25, 0.3) is 0 Å². The number of hydrogen-bond donors (Lipinski definition) is 1. The Balaban J connectivity index is 0.00000132. The molecule has 1 atom stereocenters. The summed E-state index contributed by atoms with van der Waals surface area (Å²) in [6, 6.07) is 5.71. The quantitative estimate of drug-likeness (QED) is 0.889. The van der Waals surface area contributed by atoms with Gasteiger partial charge in [0.2, 0.25) is 0 Å². The molecular formula is C17H27Cl2FN2O. The zero-order chi connectivity index (χ0) is 14.7. The van der Waals surface area contributed by atoms with Crippen molar-refractivity contribution in [3.63, 3.8) is 0 Å². The second-order valence-corrected chi connectivity index (χ2v) is 6.21. The maximum absolute atomic E-state index is 14.5. The molecule has 0 radical (unpaired) electrons. The summed E-state index contributed by atoms with van der Waals surface area (Å²) in [5, 5.41) is 3.39. The number of hydrogen-bond acceptors (Lipinski definition) is 3. The first-order valence-corrected chi connectivity index (χ1v) is 8.04.